The van der Waals surface area contributed by atoms with Crippen LogP contribution in [0.3, 0.4) is 0 Å². The van der Waals surface area contributed by atoms with E-state index in [2.05, 4.69) is 10.6 Å². The first-order valence-electron chi connectivity index (χ1n) is 8.55. The van der Waals surface area contributed by atoms with Crippen LogP contribution in [-0.2, 0) is 6.54 Å². The molecule has 0 radical (unpaired) electrons. The van der Waals surface area contributed by atoms with Crippen LogP contribution < -0.4 is 16.2 Å². The SMILES string of the molecule is CNC(=O)c1cc(C(=O)N[C@@H]2C[C@H]2CO)cn(Cc2ccc(F)cc2)c1=O. The van der Waals surface area contributed by atoms with Gasteiger partial charge in [-0.2, -0.15) is 0 Å². The van der Waals surface area contributed by atoms with Crippen molar-refractivity contribution >= 4 is 11.8 Å². The minimum absolute atomic E-state index is 0.00149. The Morgan fingerprint density at radius 1 is 1.26 bits per heavy atom. The standard InChI is InChI=1S/C19H20FN3O4/c1-21-18(26)15-6-12(17(25)22-16-7-13(16)10-24)9-23(19(15)27)8-11-2-4-14(20)5-3-11/h2-6,9,13,16,24H,7-8,10H2,1H3,(H,21,26)(H,22,25)/t13-,16+/m0/s1. The molecule has 0 saturated heterocycles. The number of pyridine rings is 1. The first-order chi connectivity index (χ1) is 12.9. The topological polar surface area (TPSA) is 100 Å². The number of aliphatic hydroxyl groups is 1. The molecule has 1 aromatic heterocycles. The highest BCUT2D eigenvalue weighted by molar-refractivity contribution is 5.99. The predicted octanol–water partition coefficient (Wildman–Crippen LogP) is 0.506. The molecule has 7 nitrogen and oxygen atoms in total. The van der Waals surface area contributed by atoms with E-state index in [9.17, 15) is 18.8 Å². The molecular weight excluding hydrogens is 353 g/mol. The van der Waals surface area contributed by atoms with E-state index in [0.717, 1.165) is 0 Å². The van der Waals surface area contributed by atoms with E-state index >= 15 is 0 Å². The monoisotopic (exact) mass is 373 g/mol. The number of nitrogens with one attached hydrogen (secondary N) is 2. The summed E-state index contributed by atoms with van der Waals surface area (Å²) in [5.74, 6) is -1.37. The summed E-state index contributed by atoms with van der Waals surface area (Å²) in [6.45, 7) is 0.0887. The molecule has 1 aliphatic rings. The van der Waals surface area contributed by atoms with E-state index in [1.54, 1.807) is 0 Å². The van der Waals surface area contributed by atoms with Crippen LogP contribution in [0.4, 0.5) is 4.39 Å². The fraction of sp³-hybridized carbons (Fsp3) is 0.316. The maximum absolute atomic E-state index is 13.1. The fourth-order valence-electron chi connectivity index (χ4n) is 2.84. The molecule has 27 heavy (non-hydrogen) atoms. The Balaban J connectivity index is 1.93. The van der Waals surface area contributed by atoms with Crippen LogP contribution in [0.5, 0.6) is 0 Å². The average Bonchev–Trinajstić information content (AvgIpc) is 3.42. The van der Waals surface area contributed by atoms with Crippen molar-refractivity contribution in [3.05, 3.63) is 69.4 Å². The van der Waals surface area contributed by atoms with Crippen molar-refractivity contribution in [3.8, 4) is 0 Å². The van der Waals surface area contributed by atoms with Gasteiger partial charge in [-0.25, -0.2) is 4.39 Å². The van der Waals surface area contributed by atoms with Gasteiger partial charge in [-0.15, -0.1) is 0 Å². The van der Waals surface area contributed by atoms with Crippen molar-refractivity contribution in [2.75, 3.05) is 13.7 Å². The molecule has 2 aromatic rings. The zero-order valence-corrected chi connectivity index (χ0v) is 14.7. The molecule has 1 fully saturated rings. The third-order valence-corrected chi connectivity index (χ3v) is 4.56. The minimum atomic E-state index is -0.595. The molecule has 1 aromatic carbocycles. The maximum atomic E-state index is 13.1. The van der Waals surface area contributed by atoms with Crippen LogP contribution in [0.25, 0.3) is 0 Å². The molecule has 1 saturated carbocycles. The molecule has 0 bridgehead atoms. The van der Waals surface area contributed by atoms with Gasteiger partial charge in [-0.3, -0.25) is 14.4 Å². The Labute approximate surface area is 154 Å². The first kappa shape index (κ1) is 18.8. The molecule has 0 unspecified atom stereocenters. The lowest BCUT2D eigenvalue weighted by atomic mass is 10.1. The van der Waals surface area contributed by atoms with Gasteiger partial charge in [0.1, 0.15) is 11.4 Å². The number of amides is 2. The molecule has 8 heteroatoms. The number of aliphatic hydroxyl groups excluding tert-OH is 1. The Hall–Kier alpha value is -3.00. The van der Waals surface area contributed by atoms with Crippen molar-refractivity contribution in [2.24, 2.45) is 5.92 Å². The number of benzene rings is 1. The van der Waals surface area contributed by atoms with Gasteiger partial charge in [-0.1, -0.05) is 12.1 Å². The van der Waals surface area contributed by atoms with Gasteiger partial charge in [0.15, 0.2) is 0 Å². The van der Waals surface area contributed by atoms with E-state index in [1.165, 1.54) is 48.1 Å². The number of halogens is 1. The van der Waals surface area contributed by atoms with Crippen LogP contribution in [0.1, 0.15) is 32.7 Å². The minimum Gasteiger partial charge on any atom is -0.396 e. The van der Waals surface area contributed by atoms with E-state index in [4.69, 9.17) is 5.11 Å². The molecule has 1 heterocycles. The lowest BCUT2D eigenvalue weighted by molar-refractivity contribution is 0.0946. The van der Waals surface area contributed by atoms with Crippen LogP contribution in [-0.4, -0.2) is 41.2 Å². The predicted molar refractivity (Wildman–Crippen MR) is 96.0 cm³/mol. The molecule has 3 N–H and O–H groups in total. The van der Waals surface area contributed by atoms with Crippen molar-refractivity contribution in [2.45, 2.75) is 19.0 Å². The summed E-state index contributed by atoms with van der Waals surface area (Å²) in [7, 11) is 1.40. The van der Waals surface area contributed by atoms with Gasteiger partial charge in [-0.05, 0) is 30.2 Å². The third-order valence-electron chi connectivity index (χ3n) is 4.56. The van der Waals surface area contributed by atoms with Crippen LogP contribution in [0.2, 0.25) is 0 Å². The summed E-state index contributed by atoms with van der Waals surface area (Å²) in [6.07, 6.45) is 2.07. The molecule has 2 amide bonds. The molecular formula is C19H20FN3O4. The number of carbonyl (C=O) groups is 2. The Morgan fingerprint density at radius 2 is 1.96 bits per heavy atom. The van der Waals surface area contributed by atoms with E-state index in [1.807, 2.05) is 0 Å². The number of rotatable bonds is 6. The Bertz CT molecular complexity index is 924. The van der Waals surface area contributed by atoms with Gasteiger partial charge in [0.2, 0.25) is 0 Å². The molecule has 1 aliphatic carbocycles. The third kappa shape index (κ3) is 4.22. The molecule has 2 atom stereocenters. The largest absolute Gasteiger partial charge is 0.396 e. The fourth-order valence-corrected chi connectivity index (χ4v) is 2.84. The van der Waals surface area contributed by atoms with Gasteiger partial charge in [0.25, 0.3) is 17.4 Å². The quantitative estimate of drug-likeness (QED) is 0.687. The lowest BCUT2D eigenvalue weighted by Crippen LogP contribution is -2.34. The van der Waals surface area contributed by atoms with E-state index in [-0.39, 0.29) is 36.2 Å². The van der Waals surface area contributed by atoms with Crippen molar-refractivity contribution in [1.29, 1.82) is 0 Å². The second-order valence-corrected chi connectivity index (χ2v) is 6.54. The highest BCUT2D eigenvalue weighted by Gasteiger charge is 2.37. The van der Waals surface area contributed by atoms with Gasteiger partial charge in [0, 0.05) is 31.8 Å². The van der Waals surface area contributed by atoms with Crippen LogP contribution in [0.15, 0.2) is 41.3 Å². The number of carbonyl (C=O) groups excluding carboxylic acids is 2. The maximum Gasteiger partial charge on any atom is 0.263 e. The van der Waals surface area contributed by atoms with E-state index < -0.39 is 23.2 Å². The normalized spacial score (nSPS) is 18.0. The van der Waals surface area contributed by atoms with Crippen molar-refractivity contribution in [3.63, 3.8) is 0 Å². The van der Waals surface area contributed by atoms with Gasteiger partial charge < -0.3 is 20.3 Å². The number of aromatic nitrogens is 1. The van der Waals surface area contributed by atoms with Gasteiger partial charge >= 0.3 is 0 Å². The molecule has 3 rings (SSSR count). The van der Waals surface area contributed by atoms with Crippen LogP contribution >= 0.6 is 0 Å². The smallest absolute Gasteiger partial charge is 0.263 e. The number of hydrogen-bond acceptors (Lipinski definition) is 4. The zero-order valence-electron chi connectivity index (χ0n) is 14.7. The average molecular weight is 373 g/mol. The molecule has 142 valence electrons. The van der Waals surface area contributed by atoms with Crippen molar-refractivity contribution < 1.29 is 19.1 Å². The first-order valence-corrected chi connectivity index (χ1v) is 8.55. The highest BCUT2D eigenvalue weighted by Crippen LogP contribution is 2.29. The number of hydrogen-bond donors (Lipinski definition) is 3. The molecule has 0 aliphatic heterocycles. The summed E-state index contributed by atoms with van der Waals surface area (Å²) in [4.78, 5) is 37.2. The zero-order chi connectivity index (χ0) is 19.6. The second-order valence-electron chi connectivity index (χ2n) is 6.54. The summed E-state index contributed by atoms with van der Waals surface area (Å²) >= 11 is 0. The Morgan fingerprint density at radius 3 is 2.56 bits per heavy atom. The van der Waals surface area contributed by atoms with E-state index in [0.29, 0.717) is 12.0 Å². The second kappa shape index (κ2) is 7.71. The lowest BCUT2D eigenvalue weighted by Gasteiger charge is -2.12. The summed E-state index contributed by atoms with van der Waals surface area (Å²) in [6, 6.07) is 6.77. The van der Waals surface area contributed by atoms with Gasteiger partial charge in [0.05, 0.1) is 12.1 Å². The summed E-state index contributed by atoms with van der Waals surface area (Å²) < 4.78 is 14.3. The summed E-state index contributed by atoms with van der Waals surface area (Å²) in [5.41, 5.74) is 0.122. The van der Waals surface area contributed by atoms with Crippen LogP contribution in [0, 0.1) is 11.7 Å². The number of nitrogens with zero attached hydrogens (tertiary/aromatic N) is 1. The highest BCUT2D eigenvalue weighted by atomic mass is 19.1. The molecule has 0 spiro atoms. The Kier molecular flexibility index (Phi) is 5.36. The van der Waals surface area contributed by atoms with Crippen molar-refractivity contribution in [1.82, 2.24) is 15.2 Å². The summed E-state index contributed by atoms with van der Waals surface area (Å²) in [5, 5.41) is 14.3.